The zero-order valence-corrected chi connectivity index (χ0v) is 20.5. The second kappa shape index (κ2) is 9.34. The van der Waals surface area contributed by atoms with Crippen molar-refractivity contribution in [1.82, 2.24) is 27.3 Å². The number of hydrazone groups is 1. The van der Waals surface area contributed by atoms with Gasteiger partial charge in [-0.1, -0.05) is 15.4 Å². The second-order valence-electron chi connectivity index (χ2n) is 6.49. The van der Waals surface area contributed by atoms with Crippen LogP contribution in [0.1, 0.15) is 5.56 Å². The van der Waals surface area contributed by atoms with Crippen molar-refractivity contribution < 1.29 is 29.6 Å². The van der Waals surface area contributed by atoms with Crippen LogP contribution in [-0.2, 0) is 30.3 Å². The van der Waals surface area contributed by atoms with E-state index in [2.05, 4.69) is 20.2 Å². The first kappa shape index (κ1) is 25.6. The van der Waals surface area contributed by atoms with Crippen molar-refractivity contribution in [2.75, 3.05) is 14.1 Å². The van der Waals surface area contributed by atoms with E-state index in [4.69, 9.17) is 11.6 Å². The van der Waals surface area contributed by atoms with Gasteiger partial charge in [0.2, 0.25) is 0 Å². The predicted molar refractivity (Wildman–Crippen MR) is 117 cm³/mol. The molecule has 18 heteroatoms. The molecule has 0 N–H and O–H groups in total. The molecule has 182 valence electrons. The van der Waals surface area contributed by atoms with Crippen LogP contribution in [0.5, 0.6) is 0 Å². The van der Waals surface area contributed by atoms with E-state index in [9.17, 15) is 29.6 Å². The highest BCUT2D eigenvalue weighted by atomic mass is 35.5. The lowest BCUT2D eigenvalue weighted by atomic mass is 10.3. The maximum absolute atomic E-state index is 13.3. The minimum atomic E-state index is -5.18. The first-order chi connectivity index (χ1) is 15.8. The van der Waals surface area contributed by atoms with Gasteiger partial charge >= 0.3 is 20.2 Å². The summed E-state index contributed by atoms with van der Waals surface area (Å²) < 4.78 is 91.0. The summed E-state index contributed by atoms with van der Waals surface area (Å²) >= 11 is 5.69. The summed E-state index contributed by atoms with van der Waals surface area (Å²) in [4.78, 5) is 6.58. The van der Waals surface area contributed by atoms with Crippen LogP contribution in [0, 0.1) is 5.82 Å². The third-order valence-corrected chi connectivity index (χ3v) is 9.45. The second-order valence-corrected chi connectivity index (χ2v) is 12.5. The summed E-state index contributed by atoms with van der Waals surface area (Å²) in [5.41, 5.74) is 0.174. The number of hydrogen-bond donors (Lipinski definition) is 0. The molecule has 13 nitrogen and oxygen atoms in total. The minimum Gasteiger partial charge on any atom is -0.244 e. The largest absolute Gasteiger partial charge is 0.330 e. The SMILES string of the molecule is CN(C)S(=O)(=O)n1cnc(S(=O)(=O)N(/N=C/c2ccc(Cl)nc2)S(=O)(=O)c2ccc(F)cc2)n1. The fourth-order valence-electron chi connectivity index (χ4n) is 2.23. The van der Waals surface area contributed by atoms with Gasteiger partial charge in [0.15, 0.2) is 0 Å². The molecule has 0 spiro atoms. The molecular formula is C16H15ClFN7O6S3. The van der Waals surface area contributed by atoms with Gasteiger partial charge < -0.3 is 0 Å². The van der Waals surface area contributed by atoms with Gasteiger partial charge in [-0.3, -0.25) is 0 Å². The van der Waals surface area contributed by atoms with Crippen LogP contribution in [0.3, 0.4) is 0 Å². The van der Waals surface area contributed by atoms with Crippen molar-refractivity contribution in [3.05, 3.63) is 65.5 Å². The topological polar surface area (TPSA) is 165 Å². The molecule has 0 atom stereocenters. The minimum absolute atomic E-state index is 0.123. The number of rotatable bonds is 8. The maximum Gasteiger partial charge on any atom is 0.330 e. The molecule has 2 heterocycles. The molecule has 1 aromatic carbocycles. The van der Waals surface area contributed by atoms with Crippen LogP contribution in [0.25, 0.3) is 0 Å². The molecule has 0 aliphatic carbocycles. The van der Waals surface area contributed by atoms with Crippen LogP contribution >= 0.6 is 11.6 Å². The van der Waals surface area contributed by atoms with Crippen molar-refractivity contribution in [2.24, 2.45) is 5.10 Å². The fraction of sp³-hybridized carbons (Fsp3) is 0.125. The molecule has 2 aromatic heterocycles. The van der Waals surface area contributed by atoms with Crippen molar-refractivity contribution in [1.29, 1.82) is 0 Å². The van der Waals surface area contributed by atoms with Gasteiger partial charge in [-0.15, -0.1) is 9.19 Å². The van der Waals surface area contributed by atoms with E-state index in [1.54, 1.807) is 0 Å². The highest BCUT2D eigenvalue weighted by Crippen LogP contribution is 2.23. The number of hydrogen-bond acceptors (Lipinski definition) is 10. The Morgan fingerprint density at radius 3 is 2.18 bits per heavy atom. The van der Waals surface area contributed by atoms with Crippen molar-refractivity contribution >= 4 is 48.1 Å². The van der Waals surface area contributed by atoms with Crippen molar-refractivity contribution in [3.63, 3.8) is 0 Å². The Balaban J connectivity index is 2.15. The van der Waals surface area contributed by atoms with Crippen LogP contribution in [0.4, 0.5) is 4.39 Å². The van der Waals surface area contributed by atoms with E-state index in [-0.39, 0.29) is 18.6 Å². The molecule has 3 rings (SSSR count). The van der Waals surface area contributed by atoms with Crippen LogP contribution in [0.2, 0.25) is 5.15 Å². The third-order valence-electron chi connectivity index (χ3n) is 3.95. The Morgan fingerprint density at radius 2 is 1.62 bits per heavy atom. The molecule has 0 bridgehead atoms. The smallest absolute Gasteiger partial charge is 0.244 e. The molecule has 0 fully saturated rings. The molecule has 0 radical (unpaired) electrons. The molecule has 0 aliphatic rings. The lowest BCUT2D eigenvalue weighted by molar-refractivity contribution is 0.497. The third kappa shape index (κ3) is 5.07. The summed E-state index contributed by atoms with van der Waals surface area (Å²) in [5.74, 6) is -0.765. The quantitative estimate of drug-likeness (QED) is 0.220. The van der Waals surface area contributed by atoms with Crippen molar-refractivity contribution in [2.45, 2.75) is 10.1 Å². The number of benzene rings is 1. The molecule has 0 saturated heterocycles. The molecule has 0 amide bonds. The fourth-order valence-corrected chi connectivity index (χ4v) is 6.08. The van der Waals surface area contributed by atoms with Crippen LogP contribution in [-0.4, -0.2) is 72.8 Å². The number of aromatic nitrogens is 4. The average molecular weight is 552 g/mol. The molecule has 0 saturated carbocycles. The van der Waals surface area contributed by atoms with E-state index >= 15 is 0 Å². The highest BCUT2D eigenvalue weighted by Gasteiger charge is 2.39. The van der Waals surface area contributed by atoms with Crippen LogP contribution in [0.15, 0.2) is 64.1 Å². The standard InChI is InChI=1S/C16H15ClFN7O6S3/c1-23(2)34(30,31)24-11-20-16(22-24)33(28,29)25(21-10-12-3-8-15(17)19-9-12)32(26,27)14-6-4-13(18)5-7-14/h3-11H,1-2H3/b21-10+. The Hall–Kier alpha value is -2.99. The van der Waals surface area contributed by atoms with E-state index in [0.29, 0.717) is 6.33 Å². The van der Waals surface area contributed by atoms with Gasteiger partial charge in [0.1, 0.15) is 17.3 Å². The highest BCUT2D eigenvalue weighted by molar-refractivity contribution is 8.03. The number of halogens is 2. The Morgan fingerprint density at radius 1 is 0.971 bits per heavy atom. The number of sulfonamides is 2. The summed E-state index contributed by atoms with van der Waals surface area (Å²) in [7, 11) is -12.1. The Labute approximate surface area is 199 Å². The van der Waals surface area contributed by atoms with Crippen molar-refractivity contribution in [3.8, 4) is 0 Å². The molecule has 0 unspecified atom stereocenters. The monoisotopic (exact) mass is 551 g/mol. The summed E-state index contributed by atoms with van der Waals surface area (Å²) in [5, 5.41) is 5.91. The average Bonchev–Trinajstić information content (AvgIpc) is 3.27. The number of nitrogens with zero attached hydrogens (tertiary/aromatic N) is 7. The van der Waals surface area contributed by atoms with E-state index in [1.807, 2.05) is 0 Å². The van der Waals surface area contributed by atoms with Gasteiger partial charge in [0, 0.05) is 25.9 Å². The maximum atomic E-state index is 13.3. The normalized spacial score (nSPS) is 13.0. The molecule has 3 aromatic rings. The Kier molecular flexibility index (Phi) is 7.04. The number of pyridine rings is 1. The lowest BCUT2D eigenvalue weighted by Gasteiger charge is -2.17. The zero-order chi connectivity index (χ0) is 25.3. The summed E-state index contributed by atoms with van der Waals surface area (Å²) in [6.07, 6.45) is 2.63. The van der Waals surface area contributed by atoms with Crippen LogP contribution < -0.4 is 0 Å². The van der Waals surface area contributed by atoms with Gasteiger partial charge in [-0.2, -0.15) is 34.7 Å². The lowest BCUT2D eigenvalue weighted by Crippen LogP contribution is -2.34. The zero-order valence-electron chi connectivity index (χ0n) is 17.3. The van der Waals surface area contributed by atoms with Gasteiger partial charge in [-0.05, 0) is 36.4 Å². The molecule has 0 aliphatic heterocycles. The van der Waals surface area contributed by atoms with E-state index in [0.717, 1.165) is 34.8 Å². The Bertz CT molecular complexity index is 1540. The predicted octanol–water partition coefficient (Wildman–Crippen LogP) is 0.534. The van der Waals surface area contributed by atoms with Gasteiger partial charge in [-0.25, -0.2) is 14.4 Å². The van der Waals surface area contributed by atoms with Gasteiger partial charge in [0.05, 0.1) is 11.1 Å². The first-order valence-corrected chi connectivity index (χ1v) is 13.5. The molecular weight excluding hydrogens is 537 g/mol. The van der Waals surface area contributed by atoms with Gasteiger partial charge in [0.25, 0.3) is 15.2 Å². The summed E-state index contributed by atoms with van der Waals surface area (Å²) in [6.45, 7) is 0. The first-order valence-electron chi connectivity index (χ1n) is 8.82. The van der Waals surface area contributed by atoms with E-state index < -0.39 is 46.1 Å². The van der Waals surface area contributed by atoms with E-state index in [1.165, 1.54) is 32.4 Å². The molecule has 34 heavy (non-hydrogen) atoms. The summed E-state index contributed by atoms with van der Waals surface area (Å²) in [6, 6.07) is 6.00.